The second kappa shape index (κ2) is 7.09. The van der Waals surface area contributed by atoms with Crippen molar-refractivity contribution in [1.82, 2.24) is 0 Å². The van der Waals surface area contributed by atoms with E-state index in [0.717, 1.165) is 0 Å². The summed E-state index contributed by atoms with van der Waals surface area (Å²) < 4.78 is 18.7. The highest BCUT2D eigenvalue weighted by Crippen LogP contribution is 2.20. The number of carbonyl (C=O) groups is 1. The Kier molecular flexibility index (Phi) is 5.17. The fourth-order valence-electron chi connectivity index (χ4n) is 1.89. The number of esters is 1. The third-order valence-electron chi connectivity index (χ3n) is 2.90. The smallest absolute Gasteiger partial charge is 0.340 e. The van der Waals surface area contributed by atoms with Crippen LogP contribution in [0.2, 0.25) is 5.02 Å². The maximum absolute atomic E-state index is 13.7. The van der Waals surface area contributed by atoms with Crippen molar-refractivity contribution in [3.05, 3.63) is 64.4 Å². The Balaban J connectivity index is 2.16. The Morgan fingerprint density at radius 1 is 1.29 bits per heavy atom. The van der Waals surface area contributed by atoms with E-state index in [1.54, 1.807) is 37.3 Å². The van der Waals surface area contributed by atoms with Crippen LogP contribution in [0.3, 0.4) is 0 Å². The van der Waals surface area contributed by atoms with Gasteiger partial charge in [-0.2, -0.15) is 0 Å². The van der Waals surface area contributed by atoms with Gasteiger partial charge in [-0.15, -0.1) is 0 Å². The van der Waals surface area contributed by atoms with Crippen molar-refractivity contribution in [2.75, 3.05) is 11.9 Å². The molecule has 0 fully saturated rings. The predicted octanol–water partition coefficient (Wildman–Crippen LogP) is 4.27. The third-order valence-corrected chi connectivity index (χ3v) is 3.13. The van der Waals surface area contributed by atoms with E-state index in [1.165, 1.54) is 12.1 Å². The molecule has 0 amide bonds. The zero-order valence-corrected chi connectivity index (χ0v) is 12.3. The highest BCUT2D eigenvalue weighted by atomic mass is 35.5. The molecule has 0 spiro atoms. The summed E-state index contributed by atoms with van der Waals surface area (Å²) in [4.78, 5) is 11.8. The number of halogens is 2. The highest BCUT2D eigenvalue weighted by molar-refractivity contribution is 6.30. The summed E-state index contributed by atoms with van der Waals surface area (Å²) in [7, 11) is 0. The minimum atomic E-state index is -0.410. The molecule has 0 heterocycles. The highest BCUT2D eigenvalue weighted by Gasteiger charge is 2.12. The average molecular weight is 308 g/mol. The van der Waals surface area contributed by atoms with Crippen LogP contribution in [0, 0.1) is 5.82 Å². The van der Waals surface area contributed by atoms with Gasteiger partial charge in [0.2, 0.25) is 0 Å². The van der Waals surface area contributed by atoms with Gasteiger partial charge in [-0.05, 0) is 37.3 Å². The summed E-state index contributed by atoms with van der Waals surface area (Å²) >= 11 is 5.85. The van der Waals surface area contributed by atoms with Crippen LogP contribution in [0.15, 0.2) is 42.5 Å². The van der Waals surface area contributed by atoms with Gasteiger partial charge in [0.05, 0.1) is 12.2 Å². The number of para-hydroxylation sites is 1. The van der Waals surface area contributed by atoms with E-state index in [9.17, 15) is 9.18 Å². The number of benzene rings is 2. The van der Waals surface area contributed by atoms with Crippen LogP contribution in [-0.2, 0) is 11.3 Å². The average Bonchev–Trinajstić information content (AvgIpc) is 2.49. The van der Waals surface area contributed by atoms with Crippen molar-refractivity contribution in [2.45, 2.75) is 13.5 Å². The summed E-state index contributed by atoms with van der Waals surface area (Å²) in [6.07, 6.45) is 0. The lowest BCUT2D eigenvalue weighted by Gasteiger charge is -2.12. The van der Waals surface area contributed by atoms with Gasteiger partial charge in [-0.3, -0.25) is 0 Å². The molecule has 5 heteroatoms. The van der Waals surface area contributed by atoms with Crippen LogP contribution in [0.1, 0.15) is 22.8 Å². The van der Waals surface area contributed by atoms with Gasteiger partial charge in [0.1, 0.15) is 5.82 Å². The lowest BCUT2D eigenvalue weighted by atomic mass is 10.1. The van der Waals surface area contributed by atoms with Crippen molar-refractivity contribution in [1.29, 1.82) is 0 Å². The number of carbonyl (C=O) groups excluding carboxylic acids is 1. The summed E-state index contributed by atoms with van der Waals surface area (Å²) in [5.41, 5.74) is 1.44. The Labute approximate surface area is 127 Å². The molecule has 0 unspecified atom stereocenters. The van der Waals surface area contributed by atoms with E-state index in [0.29, 0.717) is 28.4 Å². The van der Waals surface area contributed by atoms with E-state index in [4.69, 9.17) is 16.3 Å². The normalized spacial score (nSPS) is 10.2. The second-order valence-corrected chi connectivity index (χ2v) is 4.79. The molecule has 21 heavy (non-hydrogen) atoms. The van der Waals surface area contributed by atoms with Crippen LogP contribution in [0.5, 0.6) is 0 Å². The van der Waals surface area contributed by atoms with Crippen molar-refractivity contribution in [2.24, 2.45) is 0 Å². The molecule has 110 valence electrons. The molecule has 0 saturated carbocycles. The third kappa shape index (κ3) is 3.95. The van der Waals surface area contributed by atoms with Gasteiger partial charge in [0.25, 0.3) is 0 Å². The van der Waals surface area contributed by atoms with Crippen LogP contribution >= 0.6 is 11.6 Å². The molecule has 1 N–H and O–H groups in total. The standard InChI is InChI=1S/C16H15ClFNO2/c1-2-21-16(20)13-5-3-4-6-15(13)19-10-11-9-12(17)7-8-14(11)18/h3-9,19H,2,10H2,1H3. The molecule has 0 aliphatic rings. The second-order valence-electron chi connectivity index (χ2n) is 4.36. The van der Waals surface area contributed by atoms with Crippen molar-refractivity contribution >= 4 is 23.3 Å². The van der Waals surface area contributed by atoms with E-state index < -0.39 is 5.97 Å². The summed E-state index contributed by atoms with van der Waals surface area (Å²) in [6.45, 7) is 2.27. The lowest BCUT2D eigenvalue weighted by molar-refractivity contribution is 0.0527. The maximum atomic E-state index is 13.7. The van der Waals surface area contributed by atoms with E-state index in [-0.39, 0.29) is 12.4 Å². The van der Waals surface area contributed by atoms with Gasteiger partial charge >= 0.3 is 5.97 Å². The Morgan fingerprint density at radius 3 is 2.81 bits per heavy atom. The molecule has 0 aliphatic carbocycles. The number of nitrogens with one attached hydrogen (secondary N) is 1. The first-order valence-electron chi connectivity index (χ1n) is 6.55. The fourth-order valence-corrected chi connectivity index (χ4v) is 2.09. The van der Waals surface area contributed by atoms with Gasteiger partial charge in [-0.1, -0.05) is 23.7 Å². The minimum Gasteiger partial charge on any atom is -0.462 e. The topological polar surface area (TPSA) is 38.3 Å². The van der Waals surface area contributed by atoms with Crippen molar-refractivity contribution < 1.29 is 13.9 Å². The Hall–Kier alpha value is -2.07. The molecule has 2 aromatic rings. The van der Waals surface area contributed by atoms with Gasteiger partial charge in [0.15, 0.2) is 0 Å². The molecular weight excluding hydrogens is 293 g/mol. The lowest BCUT2D eigenvalue weighted by Crippen LogP contribution is -2.10. The molecule has 0 radical (unpaired) electrons. The molecule has 3 nitrogen and oxygen atoms in total. The number of rotatable bonds is 5. The van der Waals surface area contributed by atoms with Crippen LogP contribution < -0.4 is 5.32 Å². The maximum Gasteiger partial charge on any atom is 0.340 e. The molecule has 2 rings (SSSR count). The first kappa shape index (κ1) is 15.3. The monoisotopic (exact) mass is 307 g/mol. The molecule has 0 aliphatic heterocycles. The largest absolute Gasteiger partial charge is 0.462 e. The SMILES string of the molecule is CCOC(=O)c1ccccc1NCc1cc(Cl)ccc1F. The van der Waals surface area contributed by atoms with Crippen LogP contribution in [0.4, 0.5) is 10.1 Å². The first-order chi connectivity index (χ1) is 10.1. The van der Waals surface area contributed by atoms with Crippen molar-refractivity contribution in [3.8, 4) is 0 Å². The van der Waals surface area contributed by atoms with E-state index in [1.807, 2.05) is 0 Å². The fraction of sp³-hybridized carbons (Fsp3) is 0.188. The summed E-state index contributed by atoms with van der Waals surface area (Å²) in [5, 5.41) is 3.50. The van der Waals surface area contributed by atoms with Gasteiger partial charge < -0.3 is 10.1 Å². The van der Waals surface area contributed by atoms with Gasteiger partial charge in [0, 0.05) is 22.8 Å². The van der Waals surface area contributed by atoms with Crippen molar-refractivity contribution in [3.63, 3.8) is 0 Å². The number of hydrogen-bond donors (Lipinski definition) is 1. The quantitative estimate of drug-likeness (QED) is 0.838. The minimum absolute atomic E-state index is 0.225. The van der Waals surface area contributed by atoms with E-state index in [2.05, 4.69) is 5.32 Å². The van der Waals surface area contributed by atoms with Crippen LogP contribution in [-0.4, -0.2) is 12.6 Å². The van der Waals surface area contributed by atoms with E-state index >= 15 is 0 Å². The number of ether oxygens (including phenoxy) is 1. The Morgan fingerprint density at radius 2 is 2.05 bits per heavy atom. The van der Waals surface area contributed by atoms with Gasteiger partial charge in [-0.25, -0.2) is 9.18 Å². The predicted molar refractivity (Wildman–Crippen MR) is 81.1 cm³/mol. The summed E-state index contributed by atoms with van der Waals surface area (Å²) in [6, 6.07) is 11.3. The molecule has 2 aromatic carbocycles. The molecular formula is C16H15ClFNO2. The molecule has 0 aromatic heterocycles. The molecule has 0 bridgehead atoms. The zero-order chi connectivity index (χ0) is 15.2. The summed E-state index contributed by atoms with van der Waals surface area (Å²) in [5.74, 6) is -0.757. The molecule has 0 saturated heterocycles. The zero-order valence-electron chi connectivity index (χ0n) is 11.5. The molecule has 0 atom stereocenters. The first-order valence-corrected chi connectivity index (χ1v) is 6.93. The Bertz CT molecular complexity index is 646. The number of anilines is 1. The van der Waals surface area contributed by atoms with Crippen LogP contribution in [0.25, 0.3) is 0 Å². The number of hydrogen-bond acceptors (Lipinski definition) is 3.